The van der Waals surface area contributed by atoms with Gasteiger partial charge < -0.3 is 4.57 Å². The second-order valence-corrected chi connectivity index (χ2v) is 6.73. The number of rotatable bonds is 6. The van der Waals surface area contributed by atoms with E-state index in [0.717, 1.165) is 17.0 Å². The number of pyridine rings is 1. The number of hydrogen-bond donors (Lipinski definition) is 0. The van der Waals surface area contributed by atoms with E-state index in [1.165, 1.54) is 0 Å². The fraction of sp³-hybridized carbons (Fsp3) is 0.500. The summed E-state index contributed by atoms with van der Waals surface area (Å²) in [5.74, 6) is 2.62. The van der Waals surface area contributed by atoms with Gasteiger partial charge in [0.15, 0.2) is 5.65 Å². The molecule has 0 fully saturated rings. The molecule has 0 radical (unpaired) electrons. The Morgan fingerprint density at radius 1 is 1.47 bits per heavy atom. The molecule has 7 heteroatoms. The van der Waals surface area contributed by atoms with Crippen LogP contribution >= 0.6 is 23.2 Å². The van der Waals surface area contributed by atoms with Crippen LogP contribution in [0.4, 0.5) is 0 Å². The molecule has 104 valence electrons. The number of aryl methyl sites for hydroxylation is 2. The zero-order valence-corrected chi connectivity index (χ0v) is 12.9. The first-order chi connectivity index (χ1) is 9.15. The summed E-state index contributed by atoms with van der Waals surface area (Å²) < 4.78 is 13.6. The predicted octanol–water partition coefficient (Wildman–Crippen LogP) is 2.63. The standard InChI is InChI=1S/C12H15Cl2N3OS/c1-2-19(18)6-5-17-11(3-4-13)16-10-7-9(14)8-15-12(10)17/h7-8H,2-6H2,1H3. The number of imidazole rings is 1. The zero-order valence-electron chi connectivity index (χ0n) is 10.6. The van der Waals surface area contributed by atoms with Crippen molar-refractivity contribution in [3.05, 3.63) is 23.1 Å². The molecular formula is C12H15Cl2N3OS. The molecule has 0 N–H and O–H groups in total. The van der Waals surface area contributed by atoms with Crippen LogP contribution in [0, 0.1) is 0 Å². The molecule has 4 nitrogen and oxygen atoms in total. The summed E-state index contributed by atoms with van der Waals surface area (Å²) >= 11 is 11.7. The summed E-state index contributed by atoms with van der Waals surface area (Å²) in [5.41, 5.74) is 1.53. The zero-order chi connectivity index (χ0) is 13.8. The summed E-state index contributed by atoms with van der Waals surface area (Å²) in [5, 5.41) is 0.562. The third-order valence-electron chi connectivity index (χ3n) is 2.81. The van der Waals surface area contributed by atoms with E-state index < -0.39 is 10.8 Å². The van der Waals surface area contributed by atoms with Gasteiger partial charge in [-0.15, -0.1) is 11.6 Å². The van der Waals surface area contributed by atoms with Crippen molar-refractivity contribution in [1.29, 1.82) is 0 Å². The van der Waals surface area contributed by atoms with E-state index in [2.05, 4.69) is 9.97 Å². The van der Waals surface area contributed by atoms with Gasteiger partial charge in [-0.2, -0.15) is 0 Å². The molecule has 0 aliphatic carbocycles. The Bertz CT molecular complexity index is 600. The summed E-state index contributed by atoms with van der Waals surface area (Å²) in [6, 6.07) is 1.79. The fourth-order valence-corrected chi connectivity index (χ4v) is 2.88. The summed E-state index contributed by atoms with van der Waals surface area (Å²) in [4.78, 5) is 8.81. The monoisotopic (exact) mass is 319 g/mol. The molecule has 0 aliphatic rings. The maximum absolute atomic E-state index is 11.6. The van der Waals surface area contributed by atoms with Crippen LogP contribution in [0.5, 0.6) is 0 Å². The van der Waals surface area contributed by atoms with Crippen LogP contribution in [0.1, 0.15) is 12.7 Å². The molecule has 1 unspecified atom stereocenters. The molecule has 0 aromatic carbocycles. The molecule has 0 saturated heterocycles. The molecule has 2 rings (SSSR count). The SMILES string of the molecule is CCS(=O)CCn1c(CCCl)nc2cc(Cl)cnc21. The molecule has 2 aromatic rings. The average Bonchev–Trinajstić information content (AvgIpc) is 2.73. The maximum atomic E-state index is 11.6. The molecule has 0 bridgehead atoms. The first-order valence-electron chi connectivity index (χ1n) is 6.07. The molecular weight excluding hydrogens is 305 g/mol. The Hall–Kier alpha value is -0.650. The van der Waals surface area contributed by atoms with E-state index in [0.29, 0.717) is 35.4 Å². The molecule has 1 atom stereocenters. The Labute approximate surface area is 124 Å². The Morgan fingerprint density at radius 3 is 2.95 bits per heavy atom. The third kappa shape index (κ3) is 3.46. The highest BCUT2D eigenvalue weighted by Gasteiger charge is 2.12. The lowest BCUT2D eigenvalue weighted by molar-refractivity contribution is 0.670. The topological polar surface area (TPSA) is 47.8 Å². The number of halogens is 2. The predicted molar refractivity (Wildman–Crippen MR) is 80.5 cm³/mol. The quantitative estimate of drug-likeness (QED) is 0.769. The van der Waals surface area contributed by atoms with E-state index in [1.807, 2.05) is 11.5 Å². The van der Waals surface area contributed by atoms with Gasteiger partial charge in [0.05, 0.1) is 5.02 Å². The van der Waals surface area contributed by atoms with Crippen molar-refractivity contribution in [2.75, 3.05) is 17.4 Å². The molecule has 0 aliphatic heterocycles. The van der Waals surface area contributed by atoms with Gasteiger partial charge in [0.1, 0.15) is 11.3 Å². The lowest BCUT2D eigenvalue weighted by atomic mass is 10.4. The van der Waals surface area contributed by atoms with Crippen molar-refractivity contribution in [1.82, 2.24) is 14.5 Å². The normalized spacial score (nSPS) is 13.0. The van der Waals surface area contributed by atoms with E-state index in [1.54, 1.807) is 12.3 Å². The highest BCUT2D eigenvalue weighted by Crippen LogP contribution is 2.18. The molecule has 0 amide bonds. The Morgan fingerprint density at radius 2 is 2.26 bits per heavy atom. The highest BCUT2D eigenvalue weighted by atomic mass is 35.5. The van der Waals surface area contributed by atoms with Crippen molar-refractivity contribution in [2.45, 2.75) is 19.9 Å². The summed E-state index contributed by atoms with van der Waals surface area (Å²) in [6.07, 6.45) is 2.26. The lowest BCUT2D eigenvalue weighted by Gasteiger charge is -2.07. The lowest BCUT2D eigenvalue weighted by Crippen LogP contribution is -2.12. The van der Waals surface area contributed by atoms with Crippen LogP contribution in [0.15, 0.2) is 12.3 Å². The minimum absolute atomic E-state index is 0.494. The fourth-order valence-electron chi connectivity index (χ4n) is 1.88. The van der Waals surface area contributed by atoms with Crippen LogP contribution in [0.2, 0.25) is 5.02 Å². The molecule has 2 heterocycles. The molecule has 0 saturated carbocycles. The maximum Gasteiger partial charge on any atom is 0.160 e. The van der Waals surface area contributed by atoms with Gasteiger partial charge in [0.2, 0.25) is 0 Å². The summed E-state index contributed by atoms with van der Waals surface area (Å²) in [6.45, 7) is 2.55. The number of aromatic nitrogens is 3. The molecule has 19 heavy (non-hydrogen) atoms. The van der Waals surface area contributed by atoms with Gasteiger partial charge >= 0.3 is 0 Å². The van der Waals surface area contributed by atoms with E-state index >= 15 is 0 Å². The second kappa shape index (κ2) is 6.68. The smallest absolute Gasteiger partial charge is 0.160 e. The van der Waals surface area contributed by atoms with Crippen LogP contribution in [-0.4, -0.2) is 36.1 Å². The van der Waals surface area contributed by atoms with Crippen molar-refractivity contribution >= 4 is 45.2 Å². The van der Waals surface area contributed by atoms with Gasteiger partial charge in [-0.05, 0) is 6.07 Å². The molecule has 2 aromatic heterocycles. The van der Waals surface area contributed by atoms with Crippen LogP contribution < -0.4 is 0 Å². The minimum Gasteiger partial charge on any atom is -0.312 e. The van der Waals surface area contributed by atoms with E-state index in [9.17, 15) is 4.21 Å². The largest absolute Gasteiger partial charge is 0.312 e. The van der Waals surface area contributed by atoms with Crippen molar-refractivity contribution in [2.24, 2.45) is 0 Å². The van der Waals surface area contributed by atoms with Crippen molar-refractivity contribution in [3.63, 3.8) is 0 Å². The number of fused-ring (bicyclic) bond motifs is 1. The Kier molecular flexibility index (Phi) is 5.19. The average molecular weight is 320 g/mol. The van der Waals surface area contributed by atoms with E-state index in [4.69, 9.17) is 23.2 Å². The highest BCUT2D eigenvalue weighted by molar-refractivity contribution is 7.84. The van der Waals surface area contributed by atoms with E-state index in [-0.39, 0.29) is 0 Å². The van der Waals surface area contributed by atoms with Gasteiger partial charge in [0, 0.05) is 47.3 Å². The van der Waals surface area contributed by atoms with Gasteiger partial charge in [-0.3, -0.25) is 4.21 Å². The third-order valence-corrected chi connectivity index (χ3v) is 4.49. The first kappa shape index (κ1) is 14.8. The van der Waals surface area contributed by atoms with Crippen LogP contribution in [0.3, 0.4) is 0 Å². The van der Waals surface area contributed by atoms with Gasteiger partial charge in [-0.25, -0.2) is 9.97 Å². The van der Waals surface area contributed by atoms with Crippen molar-refractivity contribution < 1.29 is 4.21 Å². The van der Waals surface area contributed by atoms with Gasteiger partial charge in [0.25, 0.3) is 0 Å². The van der Waals surface area contributed by atoms with Crippen molar-refractivity contribution in [3.8, 4) is 0 Å². The number of nitrogens with zero attached hydrogens (tertiary/aromatic N) is 3. The minimum atomic E-state index is -0.807. The second-order valence-electron chi connectivity index (χ2n) is 4.05. The number of alkyl halides is 1. The molecule has 0 spiro atoms. The summed E-state index contributed by atoms with van der Waals surface area (Å²) in [7, 11) is -0.807. The van der Waals surface area contributed by atoms with Crippen LogP contribution in [0.25, 0.3) is 11.2 Å². The first-order valence-corrected chi connectivity index (χ1v) is 8.47. The van der Waals surface area contributed by atoms with Crippen LogP contribution in [-0.2, 0) is 23.8 Å². The number of hydrogen-bond acceptors (Lipinski definition) is 3. The Balaban J connectivity index is 2.37. The van der Waals surface area contributed by atoms with Gasteiger partial charge in [-0.1, -0.05) is 18.5 Å².